The molecule has 2 aromatic carbocycles. The first-order valence-corrected chi connectivity index (χ1v) is 11.4. The third kappa shape index (κ3) is 5.25. The number of fused-ring (bicyclic) bond motifs is 1. The summed E-state index contributed by atoms with van der Waals surface area (Å²) in [6.45, 7) is 4.44. The Morgan fingerprint density at radius 2 is 1.82 bits per heavy atom. The van der Waals surface area contributed by atoms with Crippen molar-refractivity contribution in [3.05, 3.63) is 71.7 Å². The van der Waals surface area contributed by atoms with Crippen molar-refractivity contribution < 1.29 is 14.0 Å². The summed E-state index contributed by atoms with van der Waals surface area (Å²) < 4.78 is 13.3. The molecule has 6 nitrogen and oxygen atoms in total. The summed E-state index contributed by atoms with van der Waals surface area (Å²) in [6.07, 6.45) is 3.87. The second-order valence-corrected chi connectivity index (χ2v) is 9.46. The van der Waals surface area contributed by atoms with Crippen molar-refractivity contribution in [2.75, 3.05) is 13.1 Å². The summed E-state index contributed by atoms with van der Waals surface area (Å²) in [5.74, 6) is -0.415. The minimum atomic E-state index is -1.09. The van der Waals surface area contributed by atoms with E-state index in [1.807, 2.05) is 47.5 Å². The zero-order valence-corrected chi connectivity index (χ0v) is 19.1. The van der Waals surface area contributed by atoms with Crippen LogP contribution < -0.4 is 11.1 Å². The predicted octanol–water partition coefficient (Wildman–Crippen LogP) is 3.48. The van der Waals surface area contributed by atoms with E-state index in [0.717, 1.165) is 34.9 Å². The van der Waals surface area contributed by atoms with E-state index in [1.165, 1.54) is 12.1 Å². The number of carbonyl (C=O) groups excluding carboxylic acids is 2. The minimum absolute atomic E-state index is 0.101. The molecule has 7 heteroatoms. The molecule has 1 fully saturated rings. The van der Waals surface area contributed by atoms with E-state index in [2.05, 4.69) is 10.3 Å². The van der Waals surface area contributed by atoms with E-state index < -0.39 is 11.6 Å². The van der Waals surface area contributed by atoms with Gasteiger partial charge in [0.05, 0.1) is 5.54 Å². The second kappa shape index (κ2) is 9.35. The molecule has 33 heavy (non-hydrogen) atoms. The molecule has 2 heterocycles. The Morgan fingerprint density at radius 3 is 2.48 bits per heavy atom. The molecule has 0 aliphatic carbocycles. The standard InChI is InChI=1S/C26H31FN4O2/c1-26(2,28)25(33)30-23(15-19-16-29-22-6-4-3-5-21(19)22)24(32)31-13-11-18(12-14-31)17-7-9-20(27)10-8-17/h3-10,16,18,23,29H,11-15,28H2,1-2H3,(H,30,33). The van der Waals surface area contributed by atoms with Crippen LogP contribution in [0.5, 0.6) is 0 Å². The number of nitrogens with two attached hydrogens (primary N) is 1. The summed E-state index contributed by atoms with van der Waals surface area (Å²) in [7, 11) is 0. The van der Waals surface area contributed by atoms with Crippen LogP contribution in [0.1, 0.15) is 43.7 Å². The van der Waals surface area contributed by atoms with Crippen molar-refractivity contribution in [2.24, 2.45) is 5.73 Å². The fourth-order valence-electron chi connectivity index (χ4n) is 4.45. The number of likely N-dealkylation sites (tertiary alicyclic amines) is 1. The maximum absolute atomic E-state index is 13.5. The topological polar surface area (TPSA) is 91.2 Å². The van der Waals surface area contributed by atoms with Crippen molar-refractivity contribution >= 4 is 22.7 Å². The second-order valence-electron chi connectivity index (χ2n) is 9.46. The number of halogens is 1. The van der Waals surface area contributed by atoms with Gasteiger partial charge < -0.3 is 20.9 Å². The van der Waals surface area contributed by atoms with Crippen LogP contribution in [0.25, 0.3) is 10.9 Å². The van der Waals surface area contributed by atoms with Crippen molar-refractivity contribution in [1.82, 2.24) is 15.2 Å². The number of hydrogen-bond acceptors (Lipinski definition) is 3. The number of H-pyrrole nitrogens is 1. The zero-order valence-electron chi connectivity index (χ0n) is 19.1. The molecule has 4 rings (SSSR count). The maximum atomic E-state index is 13.5. The van der Waals surface area contributed by atoms with Gasteiger partial charge in [-0.2, -0.15) is 0 Å². The summed E-state index contributed by atoms with van der Waals surface area (Å²) in [5.41, 5.74) is 7.96. The van der Waals surface area contributed by atoms with Crippen LogP contribution in [0, 0.1) is 5.82 Å². The molecule has 2 amide bonds. The van der Waals surface area contributed by atoms with Crippen LogP contribution in [0.3, 0.4) is 0 Å². The molecule has 1 aliphatic heterocycles. The summed E-state index contributed by atoms with van der Waals surface area (Å²) in [5, 5.41) is 3.93. The lowest BCUT2D eigenvalue weighted by Gasteiger charge is -2.35. The molecule has 1 unspecified atom stereocenters. The molecule has 0 saturated carbocycles. The Hall–Kier alpha value is -3.19. The Kier molecular flexibility index (Phi) is 6.51. The van der Waals surface area contributed by atoms with E-state index in [0.29, 0.717) is 25.4 Å². The highest BCUT2D eigenvalue weighted by Crippen LogP contribution is 2.29. The molecular weight excluding hydrogens is 419 g/mol. The first kappa shape index (κ1) is 23.0. The van der Waals surface area contributed by atoms with Gasteiger partial charge in [0.25, 0.3) is 0 Å². The number of aromatic amines is 1. The largest absolute Gasteiger partial charge is 0.361 e. The molecule has 0 radical (unpaired) electrons. The highest BCUT2D eigenvalue weighted by molar-refractivity contribution is 5.92. The van der Waals surface area contributed by atoms with Crippen molar-refractivity contribution in [1.29, 1.82) is 0 Å². The molecule has 4 N–H and O–H groups in total. The average Bonchev–Trinajstić information content (AvgIpc) is 3.21. The fourth-order valence-corrected chi connectivity index (χ4v) is 4.45. The Balaban J connectivity index is 1.49. The molecule has 3 aromatic rings. The molecule has 0 bridgehead atoms. The van der Waals surface area contributed by atoms with E-state index in [1.54, 1.807) is 13.8 Å². The first-order chi connectivity index (χ1) is 15.7. The normalized spacial score (nSPS) is 16.1. The van der Waals surface area contributed by atoms with Gasteiger partial charge in [-0.15, -0.1) is 0 Å². The van der Waals surface area contributed by atoms with Crippen LogP contribution in [0.4, 0.5) is 4.39 Å². The number of aromatic nitrogens is 1. The van der Waals surface area contributed by atoms with Crippen LogP contribution in [-0.4, -0.2) is 46.4 Å². The SMILES string of the molecule is CC(C)(N)C(=O)NC(Cc1c[nH]c2ccccc12)C(=O)N1CCC(c2ccc(F)cc2)CC1. The van der Waals surface area contributed by atoms with Crippen molar-refractivity contribution in [3.63, 3.8) is 0 Å². The highest BCUT2D eigenvalue weighted by atomic mass is 19.1. The van der Waals surface area contributed by atoms with Crippen molar-refractivity contribution in [2.45, 2.75) is 50.6 Å². The molecule has 1 aromatic heterocycles. The number of amides is 2. The van der Waals surface area contributed by atoms with Gasteiger partial charge in [0.1, 0.15) is 11.9 Å². The Morgan fingerprint density at radius 1 is 1.15 bits per heavy atom. The number of nitrogens with zero attached hydrogens (tertiary/aromatic N) is 1. The van der Waals surface area contributed by atoms with E-state index in [4.69, 9.17) is 5.73 Å². The van der Waals surface area contributed by atoms with Crippen LogP contribution in [0.2, 0.25) is 0 Å². The van der Waals surface area contributed by atoms with Gasteiger partial charge in [0.2, 0.25) is 11.8 Å². The summed E-state index contributed by atoms with van der Waals surface area (Å²) >= 11 is 0. The lowest BCUT2D eigenvalue weighted by Crippen LogP contribution is -2.57. The molecule has 1 saturated heterocycles. The number of rotatable bonds is 6. The van der Waals surface area contributed by atoms with Crippen LogP contribution in [0.15, 0.2) is 54.7 Å². The van der Waals surface area contributed by atoms with Gasteiger partial charge in [0, 0.05) is 36.6 Å². The smallest absolute Gasteiger partial charge is 0.245 e. The van der Waals surface area contributed by atoms with Crippen molar-refractivity contribution in [3.8, 4) is 0 Å². The lowest BCUT2D eigenvalue weighted by molar-refractivity contribution is -0.138. The third-order valence-electron chi connectivity index (χ3n) is 6.44. The Bertz CT molecular complexity index is 1130. The van der Waals surface area contributed by atoms with E-state index in [9.17, 15) is 14.0 Å². The maximum Gasteiger partial charge on any atom is 0.245 e. The number of benzene rings is 2. The van der Waals surface area contributed by atoms with E-state index >= 15 is 0 Å². The first-order valence-electron chi connectivity index (χ1n) is 11.4. The number of para-hydroxylation sites is 1. The van der Waals surface area contributed by atoms with E-state index in [-0.39, 0.29) is 17.6 Å². The number of hydrogen-bond donors (Lipinski definition) is 3. The monoisotopic (exact) mass is 450 g/mol. The quantitative estimate of drug-likeness (QED) is 0.537. The van der Waals surface area contributed by atoms with Crippen LogP contribution >= 0.6 is 0 Å². The van der Waals surface area contributed by atoms with Gasteiger partial charge in [-0.25, -0.2) is 4.39 Å². The van der Waals surface area contributed by atoms with Crippen LogP contribution in [-0.2, 0) is 16.0 Å². The molecular formula is C26H31FN4O2. The third-order valence-corrected chi connectivity index (χ3v) is 6.44. The zero-order chi connectivity index (χ0) is 23.6. The highest BCUT2D eigenvalue weighted by Gasteiger charge is 2.33. The van der Waals surface area contributed by atoms with Gasteiger partial charge in [0.15, 0.2) is 0 Å². The molecule has 1 aliphatic rings. The summed E-state index contributed by atoms with van der Waals surface area (Å²) in [6, 6.07) is 13.8. The predicted molar refractivity (Wildman–Crippen MR) is 127 cm³/mol. The van der Waals surface area contributed by atoms with Gasteiger partial charge in [-0.05, 0) is 61.9 Å². The van der Waals surface area contributed by atoms with Gasteiger partial charge >= 0.3 is 0 Å². The molecule has 1 atom stereocenters. The van der Waals surface area contributed by atoms with Gasteiger partial charge in [-0.1, -0.05) is 30.3 Å². The fraction of sp³-hybridized carbons (Fsp3) is 0.385. The van der Waals surface area contributed by atoms with Gasteiger partial charge in [-0.3, -0.25) is 9.59 Å². The average molecular weight is 451 g/mol. The minimum Gasteiger partial charge on any atom is -0.361 e. The molecule has 0 spiro atoms. The number of piperidine rings is 1. The number of nitrogens with one attached hydrogen (secondary N) is 2. The number of carbonyl (C=O) groups is 2. The Labute approximate surface area is 193 Å². The summed E-state index contributed by atoms with van der Waals surface area (Å²) in [4.78, 5) is 31.3. The lowest BCUT2D eigenvalue weighted by atomic mass is 9.89. The molecule has 174 valence electrons.